The average Bonchev–Trinajstić information content (AvgIpc) is 2.68. The van der Waals surface area contributed by atoms with E-state index in [4.69, 9.17) is 11.6 Å². The van der Waals surface area contributed by atoms with Gasteiger partial charge in [0.1, 0.15) is 4.90 Å². The monoisotopic (exact) mass is 384 g/mol. The van der Waals surface area contributed by atoms with E-state index >= 15 is 0 Å². The molecule has 0 saturated carbocycles. The van der Waals surface area contributed by atoms with Crippen LogP contribution in [0.25, 0.3) is 0 Å². The van der Waals surface area contributed by atoms with Gasteiger partial charge in [-0.15, -0.1) is 0 Å². The van der Waals surface area contributed by atoms with Crippen molar-refractivity contribution in [2.45, 2.75) is 17.4 Å². The molecule has 0 radical (unpaired) electrons. The van der Waals surface area contributed by atoms with Crippen LogP contribution in [0, 0.1) is 0 Å². The van der Waals surface area contributed by atoms with Crippen LogP contribution in [0.1, 0.15) is 22.7 Å². The highest BCUT2D eigenvalue weighted by Gasteiger charge is 2.38. The minimum atomic E-state index is -3.76. The molecule has 132 valence electrons. The summed E-state index contributed by atoms with van der Waals surface area (Å²) >= 11 is 6.20. The normalized spacial score (nSPS) is 17.7. The van der Waals surface area contributed by atoms with Crippen molar-refractivity contribution < 1.29 is 8.42 Å². The molecule has 2 aromatic carbocycles. The van der Waals surface area contributed by atoms with Gasteiger partial charge >= 0.3 is 0 Å². The van der Waals surface area contributed by atoms with Gasteiger partial charge in [0, 0.05) is 18.9 Å². The van der Waals surface area contributed by atoms with Crippen molar-refractivity contribution in [1.29, 1.82) is 0 Å². The molecule has 4 nitrogen and oxygen atoms in total. The molecule has 1 atom stereocenters. The van der Waals surface area contributed by atoms with Crippen molar-refractivity contribution in [2.75, 3.05) is 6.54 Å². The summed E-state index contributed by atoms with van der Waals surface area (Å²) in [6.45, 7) is 0.393. The van der Waals surface area contributed by atoms with E-state index in [1.165, 1.54) is 4.31 Å². The van der Waals surface area contributed by atoms with E-state index in [0.29, 0.717) is 13.0 Å². The van der Waals surface area contributed by atoms with Gasteiger partial charge in [0.2, 0.25) is 10.0 Å². The zero-order chi connectivity index (χ0) is 18.1. The van der Waals surface area contributed by atoms with Crippen LogP contribution >= 0.6 is 11.6 Å². The smallest absolute Gasteiger partial charge is 0.245 e. The number of hydrogen-bond donors (Lipinski definition) is 0. The van der Waals surface area contributed by atoms with Gasteiger partial charge in [-0.2, -0.15) is 4.31 Å². The Hall–Kier alpha value is -2.21. The predicted octanol–water partition coefficient (Wildman–Crippen LogP) is 4.07. The molecule has 0 amide bonds. The molecule has 0 spiro atoms. The van der Waals surface area contributed by atoms with Crippen LogP contribution in [-0.2, 0) is 16.4 Å². The Morgan fingerprint density at radius 3 is 2.54 bits per heavy atom. The lowest BCUT2D eigenvalue weighted by atomic mass is 9.91. The second-order valence-corrected chi connectivity index (χ2v) is 8.45. The van der Waals surface area contributed by atoms with Crippen LogP contribution in [0.2, 0.25) is 5.02 Å². The van der Waals surface area contributed by atoms with E-state index in [1.807, 2.05) is 30.3 Å². The Morgan fingerprint density at radius 2 is 1.77 bits per heavy atom. The van der Waals surface area contributed by atoms with Crippen molar-refractivity contribution in [1.82, 2.24) is 9.29 Å². The average molecular weight is 385 g/mol. The molecule has 4 rings (SSSR count). The van der Waals surface area contributed by atoms with Gasteiger partial charge in [-0.25, -0.2) is 8.42 Å². The van der Waals surface area contributed by atoms with Crippen molar-refractivity contribution in [2.24, 2.45) is 0 Å². The first kappa shape index (κ1) is 17.2. The minimum absolute atomic E-state index is 0.134. The van der Waals surface area contributed by atoms with E-state index in [0.717, 1.165) is 16.7 Å². The van der Waals surface area contributed by atoms with Crippen LogP contribution in [0.3, 0.4) is 0 Å². The second kappa shape index (κ2) is 6.83. The molecule has 1 aliphatic heterocycles. The molecule has 0 bridgehead atoms. The van der Waals surface area contributed by atoms with Gasteiger partial charge in [0.05, 0.1) is 11.1 Å². The SMILES string of the molecule is O=S(=O)(c1ccccc1Cl)N1CCc2ccccc2C1c1cccnc1. The van der Waals surface area contributed by atoms with Crippen LogP contribution < -0.4 is 0 Å². The van der Waals surface area contributed by atoms with E-state index in [1.54, 1.807) is 36.7 Å². The Morgan fingerprint density at radius 1 is 1.00 bits per heavy atom. The molecule has 1 aliphatic rings. The summed E-state index contributed by atoms with van der Waals surface area (Å²) in [7, 11) is -3.76. The number of pyridine rings is 1. The van der Waals surface area contributed by atoms with Crippen molar-refractivity contribution in [3.63, 3.8) is 0 Å². The van der Waals surface area contributed by atoms with E-state index < -0.39 is 16.1 Å². The largest absolute Gasteiger partial charge is 0.264 e. The van der Waals surface area contributed by atoms with Crippen LogP contribution in [0.4, 0.5) is 0 Å². The standard InChI is InChI=1S/C20H17ClN2O2S/c21-18-9-3-4-10-19(18)26(24,25)23-13-11-15-6-1-2-8-17(15)20(23)16-7-5-12-22-14-16/h1-10,12,14,20H,11,13H2. The maximum absolute atomic E-state index is 13.4. The number of nitrogens with zero attached hydrogens (tertiary/aromatic N) is 2. The van der Waals surface area contributed by atoms with Gasteiger partial charge in [-0.05, 0) is 41.3 Å². The summed E-state index contributed by atoms with van der Waals surface area (Å²) in [5.41, 5.74) is 2.99. The molecule has 0 fully saturated rings. The van der Waals surface area contributed by atoms with Crippen LogP contribution in [-0.4, -0.2) is 24.3 Å². The summed E-state index contributed by atoms with van der Waals surface area (Å²) in [5.74, 6) is 0. The molecule has 1 aromatic heterocycles. The van der Waals surface area contributed by atoms with Crippen molar-refractivity contribution in [3.8, 4) is 0 Å². The lowest BCUT2D eigenvalue weighted by molar-refractivity contribution is 0.343. The maximum atomic E-state index is 13.4. The number of hydrogen-bond acceptors (Lipinski definition) is 3. The Kier molecular flexibility index (Phi) is 4.53. The molecule has 0 N–H and O–H groups in total. The molecule has 26 heavy (non-hydrogen) atoms. The fourth-order valence-electron chi connectivity index (χ4n) is 3.47. The first-order chi connectivity index (χ1) is 12.6. The van der Waals surface area contributed by atoms with Gasteiger partial charge in [-0.1, -0.05) is 54.1 Å². The number of sulfonamides is 1. The number of halogens is 1. The number of benzene rings is 2. The summed E-state index contributed by atoms with van der Waals surface area (Å²) in [4.78, 5) is 4.33. The van der Waals surface area contributed by atoms with E-state index in [2.05, 4.69) is 11.1 Å². The van der Waals surface area contributed by atoms with E-state index in [9.17, 15) is 8.42 Å². The van der Waals surface area contributed by atoms with Gasteiger partial charge in [0.25, 0.3) is 0 Å². The van der Waals surface area contributed by atoms with Crippen molar-refractivity contribution >= 4 is 21.6 Å². The Bertz CT molecular complexity index is 1040. The third-order valence-corrected chi connectivity index (χ3v) is 7.03. The first-order valence-corrected chi connectivity index (χ1v) is 10.1. The lowest BCUT2D eigenvalue weighted by Crippen LogP contribution is -2.40. The lowest BCUT2D eigenvalue weighted by Gasteiger charge is -2.36. The Labute approximate surface area is 158 Å². The predicted molar refractivity (Wildman–Crippen MR) is 102 cm³/mol. The maximum Gasteiger partial charge on any atom is 0.245 e. The molecule has 0 saturated heterocycles. The van der Waals surface area contributed by atoms with E-state index in [-0.39, 0.29) is 9.92 Å². The molecule has 3 aromatic rings. The highest BCUT2D eigenvalue weighted by Crippen LogP contribution is 2.39. The molecule has 2 heterocycles. The third kappa shape index (κ3) is 2.92. The van der Waals surface area contributed by atoms with Gasteiger partial charge in [0.15, 0.2) is 0 Å². The topological polar surface area (TPSA) is 50.3 Å². The number of aromatic nitrogens is 1. The number of fused-ring (bicyclic) bond motifs is 1. The zero-order valence-corrected chi connectivity index (χ0v) is 15.5. The zero-order valence-electron chi connectivity index (χ0n) is 13.9. The Balaban J connectivity index is 1.89. The molecular weight excluding hydrogens is 368 g/mol. The van der Waals surface area contributed by atoms with Crippen LogP contribution in [0.5, 0.6) is 0 Å². The molecule has 1 unspecified atom stereocenters. The molecule has 0 aliphatic carbocycles. The minimum Gasteiger partial charge on any atom is -0.264 e. The summed E-state index contributed by atoms with van der Waals surface area (Å²) in [6.07, 6.45) is 4.07. The highest BCUT2D eigenvalue weighted by atomic mass is 35.5. The summed E-state index contributed by atoms with van der Waals surface area (Å²) in [5, 5.41) is 0.233. The fraction of sp³-hybridized carbons (Fsp3) is 0.150. The molecular formula is C20H17ClN2O2S. The van der Waals surface area contributed by atoms with Gasteiger partial charge < -0.3 is 0 Å². The van der Waals surface area contributed by atoms with Crippen molar-refractivity contribution in [3.05, 3.63) is 94.8 Å². The summed E-state index contributed by atoms with van der Waals surface area (Å²) < 4.78 is 28.4. The van der Waals surface area contributed by atoms with Gasteiger partial charge in [-0.3, -0.25) is 4.98 Å². The third-order valence-electron chi connectivity index (χ3n) is 4.66. The quantitative estimate of drug-likeness (QED) is 0.683. The molecule has 6 heteroatoms. The number of rotatable bonds is 3. The van der Waals surface area contributed by atoms with Crippen LogP contribution in [0.15, 0.2) is 78.0 Å². The summed E-state index contributed by atoms with van der Waals surface area (Å²) in [6, 6.07) is 17.9. The second-order valence-electron chi connectivity index (χ2n) is 6.18. The fourth-order valence-corrected chi connectivity index (χ4v) is 5.56. The highest BCUT2D eigenvalue weighted by molar-refractivity contribution is 7.89. The first-order valence-electron chi connectivity index (χ1n) is 8.33.